The van der Waals surface area contributed by atoms with Crippen molar-refractivity contribution in [1.29, 1.82) is 0 Å². The van der Waals surface area contributed by atoms with Gasteiger partial charge in [-0.25, -0.2) is 9.37 Å². The highest BCUT2D eigenvalue weighted by Crippen LogP contribution is 2.30. The molecule has 2 heterocycles. The van der Waals surface area contributed by atoms with E-state index in [2.05, 4.69) is 4.98 Å². The van der Waals surface area contributed by atoms with Crippen molar-refractivity contribution in [3.05, 3.63) is 34.9 Å². The molecule has 1 fully saturated rings. The number of primary amides is 1. The fourth-order valence-electron chi connectivity index (χ4n) is 2.78. The molecule has 21 heavy (non-hydrogen) atoms. The summed E-state index contributed by atoms with van der Waals surface area (Å²) in [5.41, 5.74) is 7.09. The molecule has 1 saturated heterocycles. The molecule has 2 N–H and O–H groups in total. The number of fused-ring (bicyclic) bond motifs is 1. The van der Waals surface area contributed by atoms with Crippen molar-refractivity contribution >= 4 is 34.2 Å². The van der Waals surface area contributed by atoms with Crippen LogP contribution in [-0.2, 0) is 4.79 Å². The molecule has 2 atom stereocenters. The van der Waals surface area contributed by atoms with Crippen molar-refractivity contribution in [2.24, 2.45) is 5.73 Å². The average molecular weight is 308 g/mol. The SMILES string of the molecule is Cc1ccc(Cl)c2ccc(N3C[C@H](F)C[C@H]3C(N)=O)nc12. The average Bonchev–Trinajstić information content (AvgIpc) is 2.85. The lowest BCUT2D eigenvalue weighted by Crippen LogP contribution is -2.40. The topological polar surface area (TPSA) is 59.2 Å². The third kappa shape index (κ3) is 2.42. The monoisotopic (exact) mass is 307 g/mol. The smallest absolute Gasteiger partial charge is 0.240 e. The van der Waals surface area contributed by atoms with Gasteiger partial charge in [0.2, 0.25) is 5.91 Å². The lowest BCUT2D eigenvalue weighted by atomic mass is 10.1. The Hall–Kier alpha value is -1.88. The fourth-order valence-corrected chi connectivity index (χ4v) is 2.99. The lowest BCUT2D eigenvalue weighted by molar-refractivity contribution is -0.119. The van der Waals surface area contributed by atoms with E-state index in [-0.39, 0.29) is 13.0 Å². The maximum absolute atomic E-state index is 13.6. The van der Waals surface area contributed by atoms with E-state index in [1.807, 2.05) is 25.1 Å². The van der Waals surface area contributed by atoms with Gasteiger partial charge in [-0.1, -0.05) is 17.7 Å². The zero-order valence-corrected chi connectivity index (χ0v) is 12.3. The number of anilines is 1. The molecule has 0 spiro atoms. The standard InChI is InChI=1S/C15H15ClFN3O/c1-8-2-4-11(16)10-3-5-13(19-14(8)10)20-7-9(17)6-12(20)15(18)21/h2-5,9,12H,6-7H2,1H3,(H2,18,21)/t9-,12+/m1/s1. The number of hydrogen-bond acceptors (Lipinski definition) is 3. The molecule has 6 heteroatoms. The Morgan fingerprint density at radius 2 is 2.19 bits per heavy atom. The molecule has 110 valence electrons. The summed E-state index contributed by atoms with van der Waals surface area (Å²) in [6, 6.07) is 6.65. The largest absolute Gasteiger partial charge is 0.368 e. The summed E-state index contributed by atoms with van der Waals surface area (Å²) in [4.78, 5) is 17.7. The van der Waals surface area contributed by atoms with E-state index in [0.29, 0.717) is 10.8 Å². The number of carbonyl (C=O) groups is 1. The normalized spacial score (nSPS) is 22.0. The van der Waals surface area contributed by atoms with E-state index in [9.17, 15) is 9.18 Å². The molecule has 0 bridgehead atoms. The van der Waals surface area contributed by atoms with Gasteiger partial charge in [0, 0.05) is 16.8 Å². The van der Waals surface area contributed by atoms with Crippen LogP contribution in [0.5, 0.6) is 0 Å². The molecule has 1 aliphatic heterocycles. The molecule has 1 amide bonds. The Balaban J connectivity index is 2.09. The number of aryl methyl sites for hydroxylation is 1. The molecule has 1 aliphatic rings. The van der Waals surface area contributed by atoms with Gasteiger partial charge in [-0.15, -0.1) is 0 Å². The maximum Gasteiger partial charge on any atom is 0.240 e. The molecule has 0 aliphatic carbocycles. The second-order valence-electron chi connectivity index (χ2n) is 5.33. The summed E-state index contributed by atoms with van der Waals surface area (Å²) in [7, 11) is 0. The maximum atomic E-state index is 13.6. The number of hydrogen-bond donors (Lipinski definition) is 1. The summed E-state index contributed by atoms with van der Waals surface area (Å²) >= 11 is 6.16. The number of halogens is 2. The number of rotatable bonds is 2. The van der Waals surface area contributed by atoms with Crippen LogP contribution in [0.25, 0.3) is 10.9 Å². The third-order valence-electron chi connectivity index (χ3n) is 3.86. The minimum atomic E-state index is -1.07. The highest BCUT2D eigenvalue weighted by molar-refractivity contribution is 6.35. The van der Waals surface area contributed by atoms with Gasteiger partial charge in [0.1, 0.15) is 18.0 Å². The van der Waals surface area contributed by atoms with E-state index in [1.165, 1.54) is 0 Å². The van der Waals surface area contributed by atoms with Gasteiger partial charge in [0.25, 0.3) is 0 Å². The van der Waals surface area contributed by atoms with Crippen LogP contribution in [0.3, 0.4) is 0 Å². The molecule has 4 nitrogen and oxygen atoms in total. The van der Waals surface area contributed by atoms with Gasteiger partial charge in [-0.05, 0) is 30.7 Å². The number of benzene rings is 1. The van der Waals surface area contributed by atoms with Crippen LogP contribution in [0.2, 0.25) is 5.02 Å². The van der Waals surface area contributed by atoms with Crippen LogP contribution >= 0.6 is 11.6 Å². The first kappa shape index (κ1) is 14.1. The van der Waals surface area contributed by atoms with Crippen molar-refractivity contribution in [3.63, 3.8) is 0 Å². The van der Waals surface area contributed by atoms with Crippen molar-refractivity contribution in [2.45, 2.75) is 25.6 Å². The summed E-state index contributed by atoms with van der Waals surface area (Å²) in [5.74, 6) is 0.0247. The number of amides is 1. The molecule has 1 aromatic carbocycles. The van der Waals surface area contributed by atoms with Crippen LogP contribution in [0, 0.1) is 6.92 Å². The van der Waals surface area contributed by atoms with Crippen molar-refractivity contribution in [3.8, 4) is 0 Å². The first-order valence-electron chi connectivity index (χ1n) is 6.73. The van der Waals surface area contributed by atoms with E-state index in [4.69, 9.17) is 17.3 Å². The minimum absolute atomic E-state index is 0.115. The Kier molecular flexibility index (Phi) is 3.45. The van der Waals surface area contributed by atoms with Crippen LogP contribution in [0.1, 0.15) is 12.0 Å². The Labute approximate surface area is 126 Å². The second-order valence-corrected chi connectivity index (χ2v) is 5.74. The highest BCUT2D eigenvalue weighted by atomic mass is 35.5. The van der Waals surface area contributed by atoms with Crippen molar-refractivity contribution < 1.29 is 9.18 Å². The second kappa shape index (κ2) is 5.15. The molecular formula is C15H15ClFN3O. The Bertz CT molecular complexity index is 721. The van der Waals surface area contributed by atoms with Crippen LogP contribution < -0.4 is 10.6 Å². The van der Waals surface area contributed by atoms with Gasteiger partial charge in [-0.3, -0.25) is 4.79 Å². The zero-order valence-electron chi connectivity index (χ0n) is 11.5. The van der Waals surface area contributed by atoms with Gasteiger partial charge in [0.05, 0.1) is 12.1 Å². The predicted molar refractivity (Wildman–Crippen MR) is 81.3 cm³/mol. The minimum Gasteiger partial charge on any atom is -0.368 e. The van der Waals surface area contributed by atoms with Crippen LogP contribution in [0.4, 0.5) is 10.2 Å². The molecular weight excluding hydrogens is 293 g/mol. The van der Waals surface area contributed by atoms with Gasteiger partial charge in [-0.2, -0.15) is 0 Å². The van der Waals surface area contributed by atoms with E-state index < -0.39 is 18.1 Å². The molecule has 1 aromatic heterocycles. The quantitative estimate of drug-likeness (QED) is 0.927. The van der Waals surface area contributed by atoms with Crippen LogP contribution in [-0.4, -0.2) is 29.6 Å². The van der Waals surface area contributed by atoms with Crippen molar-refractivity contribution in [1.82, 2.24) is 4.98 Å². The Morgan fingerprint density at radius 3 is 2.90 bits per heavy atom. The van der Waals surface area contributed by atoms with Gasteiger partial charge in [0.15, 0.2) is 0 Å². The summed E-state index contributed by atoms with van der Waals surface area (Å²) in [6.45, 7) is 2.06. The zero-order chi connectivity index (χ0) is 15.1. The number of nitrogens with two attached hydrogens (primary N) is 1. The number of carbonyl (C=O) groups excluding carboxylic acids is 1. The predicted octanol–water partition coefficient (Wildman–Crippen LogP) is 2.60. The summed E-state index contributed by atoms with van der Waals surface area (Å²) in [5, 5.41) is 1.46. The highest BCUT2D eigenvalue weighted by Gasteiger charge is 2.36. The molecule has 3 rings (SSSR count). The Morgan fingerprint density at radius 1 is 1.43 bits per heavy atom. The number of pyridine rings is 1. The molecule has 2 aromatic rings. The first-order valence-corrected chi connectivity index (χ1v) is 7.11. The van der Waals surface area contributed by atoms with Gasteiger partial charge < -0.3 is 10.6 Å². The summed E-state index contributed by atoms with van der Waals surface area (Å²) < 4.78 is 13.6. The number of alkyl halides is 1. The van der Waals surface area contributed by atoms with E-state index in [1.54, 1.807) is 11.0 Å². The molecule has 0 radical (unpaired) electrons. The fraction of sp³-hybridized carbons (Fsp3) is 0.333. The van der Waals surface area contributed by atoms with Gasteiger partial charge >= 0.3 is 0 Å². The van der Waals surface area contributed by atoms with Crippen LogP contribution in [0.15, 0.2) is 24.3 Å². The van der Waals surface area contributed by atoms with E-state index in [0.717, 1.165) is 16.5 Å². The van der Waals surface area contributed by atoms with E-state index >= 15 is 0 Å². The number of nitrogens with zero attached hydrogens (tertiary/aromatic N) is 2. The summed E-state index contributed by atoms with van der Waals surface area (Å²) in [6.07, 6.45) is -0.954. The molecule has 0 saturated carbocycles. The first-order chi connectivity index (χ1) is 9.97. The molecule has 0 unspecified atom stereocenters. The third-order valence-corrected chi connectivity index (χ3v) is 4.19. The van der Waals surface area contributed by atoms with Crippen molar-refractivity contribution in [2.75, 3.05) is 11.4 Å². The lowest BCUT2D eigenvalue weighted by Gasteiger charge is -2.23. The number of aromatic nitrogens is 1.